The van der Waals surface area contributed by atoms with Gasteiger partial charge in [-0.15, -0.1) is 0 Å². The topological polar surface area (TPSA) is 18.5 Å². The van der Waals surface area contributed by atoms with Gasteiger partial charge in [0.05, 0.1) is 0 Å². The van der Waals surface area contributed by atoms with Crippen molar-refractivity contribution in [2.75, 3.05) is 33.2 Å². The predicted octanol–water partition coefficient (Wildman–Crippen LogP) is 1.94. The van der Waals surface area contributed by atoms with Gasteiger partial charge in [-0.1, -0.05) is 30.3 Å². The fourth-order valence-electron chi connectivity index (χ4n) is 3.61. The minimum atomic E-state index is 0.765. The molecular weight excluding hydrogens is 246 g/mol. The summed E-state index contributed by atoms with van der Waals surface area (Å²) in [5.41, 5.74) is 1.44. The van der Waals surface area contributed by atoms with Crippen LogP contribution in [0.5, 0.6) is 0 Å². The molecule has 0 amide bonds. The monoisotopic (exact) mass is 273 g/mol. The summed E-state index contributed by atoms with van der Waals surface area (Å²) >= 11 is 0. The van der Waals surface area contributed by atoms with Crippen molar-refractivity contribution in [3.05, 3.63) is 35.9 Å². The van der Waals surface area contributed by atoms with E-state index in [1.165, 1.54) is 51.0 Å². The summed E-state index contributed by atoms with van der Waals surface area (Å²) in [5.74, 6) is 0. The molecule has 0 aliphatic carbocycles. The average Bonchev–Trinajstić information content (AvgIpc) is 3.03. The molecule has 2 saturated heterocycles. The Morgan fingerprint density at radius 1 is 1.10 bits per heavy atom. The van der Waals surface area contributed by atoms with Crippen molar-refractivity contribution in [3.63, 3.8) is 0 Å². The van der Waals surface area contributed by atoms with Crippen molar-refractivity contribution in [3.8, 4) is 0 Å². The summed E-state index contributed by atoms with van der Waals surface area (Å²) in [7, 11) is 2.33. The summed E-state index contributed by atoms with van der Waals surface area (Å²) in [6, 6.07) is 12.4. The van der Waals surface area contributed by atoms with Gasteiger partial charge < -0.3 is 5.32 Å². The van der Waals surface area contributed by atoms with Crippen LogP contribution in [-0.2, 0) is 6.54 Å². The number of rotatable bonds is 4. The Balaban J connectivity index is 1.47. The van der Waals surface area contributed by atoms with Gasteiger partial charge in [-0.05, 0) is 51.5 Å². The summed E-state index contributed by atoms with van der Waals surface area (Å²) in [5, 5.41) is 3.48. The molecular formula is C17H27N3. The molecule has 3 rings (SSSR count). The first-order chi connectivity index (χ1) is 9.83. The molecule has 0 spiro atoms. The van der Waals surface area contributed by atoms with Crippen molar-refractivity contribution < 1.29 is 0 Å². The zero-order valence-corrected chi connectivity index (χ0v) is 12.6. The van der Waals surface area contributed by atoms with Gasteiger partial charge >= 0.3 is 0 Å². The van der Waals surface area contributed by atoms with E-state index < -0.39 is 0 Å². The van der Waals surface area contributed by atoms with Crippen LogP contribution in [0, 0.1) is 0 Å². The Morgan fingerprint density at radius 2 is 1.85 bits per heavy atom. The second-order valence-corrected chi connectivity index (χ2v) is 6.31. The van der Waals surface area contributed by atoms with Crippen molar-refractivity contribution in [2.24, 2.45) is 0 Å². The number of hydrogen-bond donors (Lipinski definition) is 1. The molecule has 3 nitrogen and oxygen atoms in total. The number of hydrogen-bond acceptors (Lipinski definition) is 3. The SMILES string of the molecule is CN(C1CCN(Cc2ccccc2)CC1)C1CCNC1. The van der Waals surface area contributed by atoms with E-state index in [-0.39, 0.29) is 0 Å². The molecule has 110 valence electrons. The molecule has 0 radical (unpaired) electrons. The molecule has 0 saturated carbocycles. The van der Waals surface area contributed by atoms with Crippen molar-refractivity contribution >= 4 is 0 Å². The third-order valence-electron chi connectivity index (χ3n) is 4.99. The minimum Gasteiger partial charge on any atom is -0.315 e. The van der Waals surface area contributed by atoms with Gasteiger partial charge in [0.25, 0.3) is 0 Å². The Kier molecular flexibility index (Phi) is 4.71. The lowest BCUT2D eigenvalue weighted by molar-refractivity contribution is 0.0985. The third kappa shape index (κ3) is 3.40. The fraction of sp³-hybridized carbons (Fsp3) is 0.647. The zero-order valence-electron chi connectivity index (χ0n) is 12.6. The van der Waals surface area contributed by atoms with Crippen LogP contribution in [0.25, 0.3) is 0 Å². The number of nitrogens with one attached hydrogen (secondary N) is 1. The molecule has 1 aromatic carbocycles. The van der Waals surface area contributed by atoms with Gasteiger partial charge in [0.2, 0.25) is 0 Å². The van der Waals surface area contributed by atoms with Gasteiger partial charge in [-0.2, -0.15) is 0 Å². The standard InChI is InChI=1S/C17H27N3/c1-19(17-7-10-18-13-17)16-8-11-20(12-9-16)14-15-5-3-2-4-6-15/h2-6,16-18H,7-14H2,1H3. The third-order valence-corrected chi connectivity index (χ3v) is 4.99. The first kappa shape index (κ1) is 14.1. The van der Waals surface area contributed by atoms with E-state index in [2.05, 4.69) is 52.5 Å². The quantitative estimate of drug-likeness (QED) is 0.904. The molecule has 1 unspecified atom stereocenters. The number of piperidine rings is 1. The second-order valence-electron chi connectivity index (χ2n) is 6.31. The van der Waals surface area contributed by atoms with E-state index in [0.29, 0.717) is 0 Å². The van der Waals surface area contributed by atoms with E-state index in [1.807, 2.05) is 0 Å². The van der Waals surface area contributed by atoms with Crippen molar-refractivity contribution in [2.45, 2.75) is 37.9 Å². The van der Waals surface area contributed by atoms with Crippen LogP contribution in [0.15, 0.2) is 30.3 Å². The molecule has 1 atom stereocenters. The Bertz CT molecular complexity index is 392. The molecule has 3 heteroatoms. The number of nitrogens with zero attached hydrogens (tertiary/aromatic N) is 2. The van der Waals surface area contributed by atoms with E-state index in [1.54, 1.807) is 0 Å². The molecule has 1 N–H and O–H groups in total. The number of benzene rings is 1. The van der Waals surface area contributed by atoms with Crippen molar-refractivity contribution in [1.82, 2.24) is 15.1 Å². The van der Waals surface area contributed by atoms with Crippen LogP contribution in [0.1, 0.15) is 24.8 Å². The highest BCUT2D eigenvalue weighted by Gasteiger charge is 2.28. The molecule has 2 heterocycles. The second kappa shape index (κ2) is 6.70. The Morgan fingerprint density at radius 3 is 2.50 bits per heavy atom. The average molecular weight is 273 g/mol. The maximum absolute atomic E-state index is 3.48. The minimum absolute atomic E-state index is 0.765. The lowest BCUT2D eigenvalue weighted by Gasteiger charge is -2.39. The van der Waals surface area contributed by atoms with Crippen molar-refractivity contribution in [1.29, 1.82) is 0 Å². The highest BCUT2D eigenvalue weighted by molar-refractivity contribution is 5.14. The van der Waals surface area contributed by atoms with Crippen LogP contribution >= 0.6 is 0 Å². The normalized spacial score (nSPS) is 25.4. The van der Waals surface area contributed by atoms with E-state index in [9.17, 15) is 0 Å². The van der Waals surface area contributed by atoms with E-state index >= 15 is 0 Å². The summed E-state index contributed by atoms with van der Waals surface area (Å²) in [4.78, 5) is 5.24. The summed E-state index contributed by atoms with van der Waals surface area (Å²) < 4.78 is 0. The fourth-order valence-corrected chi connectivity index (χ4v) is 3.61. The van der Waals surface area contributed by atoms with Gasteiger partial charge in [0.1, 0.15) is 0 Å². The van der Waals surface area contributed by atoms with Crippen LogP contribution in [-0.4, -0.2) is 55.1 Å². The maximum Gasteiger partial charge on any atom is 0.0233 e. The molecule has 2 fully saturated rings. The zero-order chi connectivity index (χ0) is 13.8. The lowest BCUT2D eigenvalue weighted by atomic mass is 10.0. The maximum atomic E-state index is 3.48. The highest BCUT2D eigenvalue weighted by Crippen LogP contribution is 2.20. The van der Waals surface area contributed by atoms with E-state index in [0.717, 1.165) is 18.6 Å². The molecule has 0 aromatic heterocycles. The van der Waals surface area contributed by atoms with Gasteiger partial charge in [0.15, 0.2) is 0 Å². The molecule has 0 bridgehead atoms. The van der Waals surface area contributed by atoms with Crippen LogP contribution in [0.4, 0.5) is 0 Å². The number of likely N-dealkylation sites (tertiary alicyclic amines) is 1. The summed E-state index contributed by atoms with van der Waals surface area (Å²) in [6.07, 6.45) is 3.96. The van der Waals surface area contributed by atoms with Gasteiger partial charge in [0, 0.05) is 25.2 Å². The summed E-state index contributed by atoms with van der Waals surface area (Å²) in [6.45, 7) is 5.97. The first-order valence-electron chi connectivity index (χ1n) is 8.02. The van der Waals surface area contributed by atoms with Gasteiger partial charge in [-0.25, -0.2) is 0 Å². The molecule has 2 aliphatic rings. The van der Waals surface area contributed by atoms with Crippen LogP contribution < -0.4 is 5.32 Å². The predicted molar refractivity (Wildman–Crippen MR) is 83.8 cm³/mol. The van der Waals surface area contributed by atoms with E-state index in [4.69, 9.17) is 0 Å². The van der Waals surface area contributed by atoms with Gasteiger partial charge in [-0.3, -0.25) is 9.80 Å². The van der Waals surface area contributed by atoms with Crippen LogP contribution in [0.3, 0.4) is 0 Å². The molecule has 20 heavy (non-hydrogen) atoms. The Labute approximate surface area is 123 Å². The largest absolute Gasteiger partial charge is 0.315 e. The number of likely N-dealkylation sites (N-methyl/N-ethyl adjacent to an activating group) is 1. The highest BCUT2D eigenvalue weighted by atomic mass is 15.2. The molecule has 1 aromatic rings. The van der Waals surface area contributed by atoms with Crippen LogP contribution in [0.2, 0.25) is 0 Å². The lowest BCUT2D eigenvalue weighted by Crippen LogP contribution is -2.47. The molecule has 2 aliphatic heterocycles. The Hall–Kier alpha value is -0.900. The smallest absolute Gasteiger partial charge is 0.0233 e. The first-order valence-corrected chi connectivity index (χ1v) is 8.02.